The van der Waals surface area contributed by atoms with Crippen molar-refractivity contribution in [3.8, 4) is 0 Å². The molecule has 0 aromatic rings. The van der Waals surface area contributed by atoms with Crippen molar-refractivity contribution in [3.63, 3.8) is 0 Å². The van der Waals surface area contributed by atoms with Crippen LogP contribution in [0, 0.1) is 0 Å². The first-order valence-electron chi connectivity index (χ1n) is 7.84. The van der Waals surface area contributed by atoms with E-state index in [2.05, 4.69) is 34.9 Å². The molecule has 1 heterocycles. The van der Waals surface area contributed by atoms with E-state index in [-0.39, 0.29) is 0 Å². The molecule has 0 radical (unpaired) electrons. The van der Waals surface area contributed by atoms with Gasteiger partial charge in [-0.25, -0.2) is 0 Å². The quantitative estimate of drug-likeness (QED) is 0.662. The molecule has 2 aliphatic rings. The molecule has 0 spiro atoms. The van der Waals surface area contributed by atoms with Gasteiger partial charge in [0.15, 0.2) is 0 Å². The van der Waals surface area contributed by atoms with Crippen LogP contribution in [0.4, 0.5) is 0 Å². The number of rotatable bonds is 8. The topological polar surface area (TPSA) is 36.4 Å². The smallest absolute Gasteiger partial charge is 0.100 e. The number of allylic oxidation sites excluding steroid dienone is 4. The molecule has 0 bridgehead atoms. The maximum Gasteiger partial charge on any atom is 0.100 e. The minimum absolute atomic E-state index is 0.709. The molecule has 2 N–H and O–H groups in total. The molecule has 1 aliphatic carbocycles. The Kier molecular flexibility index (Phi) is 5.90. The van der Waals surface area contributed by atoms with Gasteiger partial charge in [-0.3, -0.25) is 4.99 Å². The lowest BCUT2D eigenvalue weighted by Crippen LogP contribution is -2.25. The predicted octanol–water partition coefficient (Wildman–Crippen LogP) is 3.66. The lowest BCUT2D eigenvalue weighted by atomic mass is 10.1. The Morgan fingerprint density at radius 1 is 1.30 bits per heavy atom. The molecule has 1 saturated carbocycles. The van der Waals surface area contributed by atoms with Crippen molar-refractivity contribution in [2.45, 2.75) is 57.4 Å². The summed E-state index contributed by atoms with van der Waals surface area (Å²) in [6, 6.07) is 0.709. The van der Waals surface area contributed by atoms with Crippen molar-refractivity contribution in [1.82, 2.24) is 10.6 Å². The lowest BCUT2D eigenvalue weighted by molar-refractivity contribution is 0.687. The van der Waals surface area contributed by atoms with Crippen LogP contribution in [0.15, 0.2) is 41.7 Å². The number of hydrogen-bond donors (Lipinski definition) is 2. The fraction of sp³-hybridized carbons (Fsp3) is 0.588. The SMILES string of the molecule is C=C/C=C(/CCCC(=C)NC1CC1)NC1=NCCCC1. The molecule has 2 rings (SSSR count). The van der Waals surface area contributed by atoms with E-state index < -0.39 is 0 Å². The maximum absolute atomic E-state index is 4.54. The van der Waals surface area contributed by atoms with Crippen molar-refractivity contribution in [3.05, 3.63) is 36.7 Å². The van der Waals surface area contributed by atoms with E-state index in [1.807, 2.05) is 6.08 Å². The molecule has 1 aliphatic heterocycles. The van der Waals surface area contributed by atoms with Crippen molar-refractivity contribution < 1.29 is 0 Å². The lowest BCUT2D eigenvalue weighted by Gasteiger charge is -2.16. The predicted molar refractivity (Wildman–Crippen MR) is 86.7 cm³/mol. The van der Waals surface area contributed by atoms with Crippen LogP contribution in [0.2, 0.25) is 0 Å². The Labute approximate surface area is 122 Å². The van der Waals surface area contributed by atoms with E-state index in [0.717, 1.165) is 38.1 Å². The van der Waals surface area contributed by atoms with Crippen LogP contribution >= 0.6 is 0 Å². The summed E-state index contributed by atoms with van der Waals surface area (Å²) in [7, 11) is 0. The molecule has 20 heavy (non-hydrogen) atoms. The Morgan fingerprint density at radius 3 is 2.80 bits per heavy atom. The highest BCUT2D eigenvalue weighted by atomic mass is 15.0. The van der Waals surface area contributed by atoms with E-state index >= 15 is 0 Å². The van der Waals surface area contributed by atoms with Crippen molar-refractivity contribution in [2.75, 3.05) is 6.54 Å². The second kappa shape index (κ2) is 7.93. The molecule has 0 saturated heterocycles. The fourth-order valence-electron chi connectivity index (χ4n) is 2.40. The summed E-state index contributed by atoms with van der Waals surface area (Å²) in [6.45, 7) is 8.86. The first-order chi connectivity index (χ1) is 9.78. The minimum atomic E-state index is 0.709. The van der Waals surface area contributed by atoms with Crippen LogP contribution in [0.25, 0.3) is 0 Å². The monoisotopic (exact) mass is 273 g/mol. The highest BCUT2D eigenvalue weighted by Crippen LogP contribution is 2.21. The van der Waals surface area contributed by atoms with Gasteiger partial charge in [-0.05, 0) is 51.0 Å². The van der Waals surface area contributed by atoms with Gasteiger partial charge in [-0.2, -0.15) is 0 Å². The molecule has 3 heteroatoms. The van der Waals surface area contributed by atoms with E-state index in [1.165, 1.54) is 37.1 Å². The minimum Gasteiger partial charge on any atom is -0.386 e. The Balaban J connectivity index is 1.71. The summed E-state index contributed by atoms with van der Waals surface area (Å²) in [6.07, 6.45) is 13.2. The molecule has 0 amide bonds. The third kappa shape index (κ3) is 5.64. The Morgan fingerprint density at radius 2 is 2.15 bits per heavy atom. The van der Waals surface area contributed by atoms with Crippen LogP contribution in [-0.2, 0) is 0 Å². The third-order valence-corrected chi connectivity index (χ3v) is 3.66. The molecular formula is C17H27N3. The number of hydrogen-bond acceptors (Lipinski definition) is 3. The molecule has 1 fully saturated rings. The third-order valence-electron chi connectivity index (χ3n) is 3.66. The van der Waals surface area contributed by atoms with Gasteiger partial charge in [0, 0.05) is 30.4 Å². The summed E-state index contributed by atoms with van der Waals surface area (Å²) in [5, 5.41) is 6.94. The Bertz CT molecular complexity index is 402. The normalized spacial score (nSPS) is 19.2. The average molecular weight is 273 g/mol. The standard InChI is InChI=1S/C17H27N3/c1-3-7-15(20-17-10-4-5-13-18-17)9-6-8-14(2)19-16-11-12-16/h3,7,16,19H,1-2,4-6,8-13H2,(H,18,20)/b15-7-. The molecule has 0 unspecified atom stereocenters. The summed E-state index contributed by atoms with van der Waals surface area (Å²) in [5.41, 5.74) is 2.40. The van der Waals surface area contributed by atoms with E-state index in [4.69, 9.17) is 0 Å². The molecule has 3 nitrogen and oxygen atoms in total. The zero-order chi connectivity index (χ0) is 14.2. The fourth-order valence-corrected chi connectivity index (χ4v) is 2.40. The first kappa shape index (κ1) is 14.9. The van der Waals surface area contributed by atoms with Gasteiger partial charge in [0.25, 0.3) is 0 Å². The zero-order valence-electron chi connectivity index (χ0n) is 12.5. The number of nitrogens with one attached hydrogen (secondary N) is 2. The van der Waals surface area contributed by atoms with Crippen LogP contribution < -0.4 is 10.6 Å². The average Bonchev–Trinajstić information content (AvgIpc) is 3.24. The van der Waals surface area contributed by atoms with E-state index in [9.17, 15) is 0 Å². The van der Waals surface area contributed by atoms with Crippen LogP contribution in [0.1, 0.15) is 51.4 Å². The summed E-state index contributed by atoms with van der Waals surface area (Å²) in [5.74, 6) is 1.14. The van der Waals surface area contributed by atoms with Crippen LogP contribution in [-0.4, -0.2) is 18.4 Å². The summed E-state index contributed by atoms with van der Waals surface area (Å²) in [4.78, 5) is 4.54. The Hall–Kier alpha value is -1.51. The van der Waals surface area contributed by atoms with Gasteiger partial charge in [0.2, 0.25) is 0 Å². The van der Waals surface area contributed by atoms with Gasteiger partial charge in [0.05, 0.1) is 0 Å². The molecule has 0 aromatic heterocycles. The van der Waals surface area contributed by atoms with E-state index in [1.54, 1.807) is 0 Å². The maximum atomic E-state index is 4.54. The van der Waals surface area contributed by atoms with Crippen molar-refractivity contribution in [1.29, 1.82) is 0 Å². The van der Waals surface area contributed by atoms with E-state index in [0.29, 0.717) is 6.04 Å². The first-order valence-corrected chi connectivity index (χ1v) is 7.84. The number of amidine groups is 1. The second-order valence-corrected chi connectivity index (χ2v) is 5.71. The van der Waals surface area contributed by atoms with Crippen LogP contribution in [0.5, 0.6) is 0 Å². The van der Waals surface area contributed by atoms with Crippen molar-refractivity contribution in [2.24, 2.45) is 4.99 Å². The van der Waals surface area contributed by atoms with Crippen LogP contribution in [0.3, 0.4) is 0 Å². The molecule has 0 atom stereocenters. The number of nitrogens with zero attached hydrogens (tertiary/aromatic N) is 1. The highest BCUT2D eigenvalue weighted by Gasteiger charge is 2.20. The second-order valence-electron chi connectivity index (χ2n) is 5.71. The van der Waals surface area contributed by atoms with Gasteiger partial charge in [0.1, 0.15) is 5.84 Å². The molecular weight excluding hydrogens is 246 g/mol. The van der Waals surface area contributed by atoms with Gasteiger partial charge >= 0.3 is 0 Å². The largest absolute Gasteiger partial charge is 0.386 e. The molecule has 110 valence electrons. The zero-order valence-corrected chi connectivity index (χ0v) is 12.5. The summed E-state index contributed by atoms with van der Waals surface area (Å²) < 4.78 is 0. The number of aliphatic imine (C=N–C) groups is 1. The molecule has 0 aromatic carbocycles. The summed E-state index contributed by atoms with van der Waals surface area (Å²) >= 11 is 0. The highest BCUT2D eigenvalue weighted by molar-refractivity contribution is 5.84. The van der Waals surface area contributed by atoms with Gasteiger partial charge < -0.3 is 10.6 Å². The van der Waals surface area contributed by atoms with Gasteiger partial charge in [-0.15, -0.1) is 0 Å². The van der Waals surface area contributed by atoms with Gasteiger partial charge in [-0.1, -0.05) is 19.2 Å². The van der Waals surface area contributed by atoms with Crippen molar-refractivity contribution >= 4 is 5.84 Å².